The molecule has 6 aromatic rings. The predicted molar refractivity (Wildman–Crippen MR) is 150 cm³/mol. The van der Waals surface area contributed by atoms with Gasteiger partial charge in [-0.25, -0.2) is 0 Å². The molecule has 0 atom stereocenters. The van der Waals surface area contributed by atoms with E-state index in [1.807, 2.05) is 36.4 Å². The SMILES string of the molecule is Cc1cc(-c2c(C)ccc3c2oc2c(-c4ccccc4)ccc(C#N)c23)[n+](C)c(C)c1-c1ccccc1. The Morgan fingerprint density at radius 3 is 2.05 bits per heavy atom. The van der Waals surface area contributed by atoms with Crippen molar-refractivity contribution >= 4 is 21.9 Å². The smallest absolute Gasteiger partial charge is 0.216 e. The van der Waals surface area contributed by atoms with Crippen molar-refractivity contribution in [3.05, 3.63) is 113 Å². The highest BCUT2D eigenvalue weighted by molar-refractivity contribution is 6.15. The van der Waals surface area contributed by atoms with Crippen LogP contribution in [0.15, 0.2) is 95.4 Å². The van der Waals surface area contributed by atoms with Gasteiger partial charge in [-0.3, -0.25) is 0 Å². The Bertz CT molecular complexity index is 1860. The Balaban J connectivity index is 1.69. The first-order chi connectivity index (χ1) is 18.0. The van der Waals surface area contributed by atoms with E-state index in [0.717, 1.165) is 49.9 Å². The molecule has 0 spiro atoms. The fourth-order valence-electron chi connectivity index (χ4n) is 5.59. The summed E-state index contributed by atoms with van der Waals surface area (Å²) in [6.45, 7) is 6.48. The summed E-state index contributed by atoms with van der Waals surface area (Å²) in [5, 5.41) is 11.8. The van der Waals surface area contributed by atoms with Crippen LogP contribution < -0.4 is 4.57 Å². The number of nitrogens with zero attached hydrogens (tertiary/aromatic N) is 2. The summed E-state index contributed by atoms with van der Waals surface area (Å²) in [4.78, 5) is 0. The van der Waals surface area contributed by atoms with Gasteiger partial charge in [0, 0.05) is 29.3 Å². The fraction of sp³-hybridized carbons (Fsp3) is 0.118. The molecule has 0 fully saturated rings. The zero-order valence-electron chi connectivity index (χ0n) is 21.5. The lowest BCUT2D eigenvalue weighted by Gasteiger charge is -2.13. The quantitative estimate of drug-likeness (QED) is 0.240. The standard InChI is InChI=1S/C34H27N2O/c1-21-15-17-28-32-26(20-35)16-18-27(24-11-7-5-8-12-24)33(32)37-34(28)31(21)29-19-22(2)30(23(3)36(29)4)25-13-9-6-10-14-25/h5-19H,1-4H3/q+1. The molecule has 0 saturated heterocycles. The molecule has 0 unspecified atom stereocenters. The average molecular weight is 480 g/mol. The topological polar surface area (TPSA) is 40.8 Å². The molecule has 4 aromatic carbocycles. The lowest BCUT2D eigenvalue weighted by molar-refractivity contribution is -0.666. The van der Waals surface area contributed by atoms with Crippen molar-refractivity contribution in [3.8, 4) is 39.6 Å². The number of rotatable bonds is 3. The lowest BCUT2D eigenvalue weighted by Crippen LogP contribution is -2.36. The van der Waals surface area contributed by atoms with E-state index in [0.29, 0.717) is 5.56 Å². The Morgan fingerprint density at radius 2 is 1.38 bits per heavy atom. The minimum absolute atomic E-state index is 0.624. The highest BCUT2D eigenvalue weighted by Crippen LogP contribution is 2.42. The number of fused-ring (bicyclic) bond motifs is 3. The molecule has 2 aromatic heterocycles. The van der Waals surface area contributed by atoms with Gasteiger partial charge in [-0.1, -0.05) is 72.8 Å². The van der Waals surface area contributed by atoms with Crippen molar-refractivity contribution in [2.75, 3.05) is 0 Å². The van der Waals surface area contributed by atoms with Crippen molar-refractivity contribution in [3.63, 3.8) is 0 Å². The monoisotopic (exact) mass is 479 g/mol. The second-order valence-corrected chi connectivity index (χ2v) is 9.68. The van der Waals surface area contributed by atoms with Crippen LogP contribution in [0, 0.1) is 32.1 Å². The number of aromatic nitrogens is 1. The second kappa shape index (κ2) is 8.76. The first-order valence-corrected chi connectivity index (χ1v) is 12.5. The first kappa shape index (κ1) is 22.8. The maximum absolute atomic E-state index is 9.98. The Morgan fingerprint density at radius 1 is 0.703 bits per heavy atom. The molecule has 3 heteroatoms. The van der Waals surface area contributed by atoms with E-state index >= 15 is 0 Å². The summed E-state index contributed by atoms with van der Waals surface area (Å²) in [6, 6.07) is 33.5. The summed E-state index contributed by atoms with van der Waals surface area (Å²) in [5.74, 6) is 0. The third kappa shape index (κ3) is 3.53. The molecule has 0 aliphatic heterocycles. The lowest BCUT2D eigenvalue weighted by atomic mass is 9.94. The molecule has 3 nitrogen and oxygen atoms in total. The van der Waals surface area contributed by atoms with Crippen LogP contribution in [0.2, 0.25) is 0 Å². The van der Waals surface area contributed by atoms with E-state index in [9.17, 15) is 5.26 Å². The first-order valence-electron chi connectivity index (χ1n) is 12.5. The molecule has 37 heavy (non-hydrogen) atoms. The van der Waals surface area contributed by atoms with Gasteiger partial charge < -0.3 is 4.42 Å². The summed E-state index contributed by atoms with van der Waals surface area (Å²) < 4.78 is 8.99. The summed E-state index contributed by atoms with van der Waals surface area (Å²) >= 11 is 0. The van der Waals surface area contributed by atoms with Crippen molar-refractivity contribution in [1.29, 1.82) is 5.26 Å². The van der Waals surface area contributed by atoms with Gasteiger partial charge in [0.05, 0.1) is 22.8 Å². The summed E-state index contributed by atoms with van der Waals surface area (Å²) in [5.41, 5.74) is 12.4. The molecule has 178 valence electrons. The Kier molecular flexibility index (Phi) is 5.39. The number of pyridine rings is 1. The van der Waals surface area contributed by atoms with Crippen LogP contribution in [0.5, 0.6) is 0 Å². The third-order valence-electron chi connectivity index (χ3n) is 7.49. The van der Waals surface area contributed by atoms with Gasteiger partial charge in [-0.2, -0.15) is 9.83 Å². The Labute approximate surface area is 216 Å². The molecule has 0 radical (unpaired) electrons. The van der Waals surface area contributed by atoms with Crippen molar-refractivity contribution in [1.82, 2.24) is 0 Å². The van der Waals surface area contributed by atoms with Gasteiger partial charge in [0.1, 0.15) is 18.2 Å². The van der Waals surface area contributed by atoms with Gasteiger partial charge in [-0.05, 0) is 48.2 Å². The minimum atomic E-state index is 0.624. The number of hydrogen-bond donors (Lipinski definition) is 0. The van der Waals surface area contributed by atoms with Crippen LogP contribution in [-0.4, -0.2) is 0 Å². The molecule has 0 saturated carbocycles. The van der Waals surface area contributed by atoms with Crippen molar-refractivity contribution in [2.24, 2.45) is 7.05 Å². The number of benzene rings is 4. The number of hydrogen-bond acceptors (Lipinski definition) is 2. The average Bonchev–Trinajstić information content (AvgIpc) is 3.31. The van der Waals surface area contributed by atoms with Crippen molar-refractivity contribution < 1.29 is 8.98 Å². The van der Waals surface area contributed by atoms with Crippen LogP contribution in [0.25, 0.3) is 55.4 Å². The highest BCUT2D eigenvalue weighted by atomic mass is 16.3. The zero-order valence-corrected chi connectivity index (χ0v) is 21.5. The summed E-state index contributed by atoms with van der Waals surface area (Å²) in [7, 11) is 2.12. The highest BCUT2D eigenvalue weighted by Gasteiger charge is 2.26. The van der Waals surface area contributed by atoms with Crippen LogP contribution in [0.4, 0.5) is 0 Å². The van der Waals surface area contributed by atoms with E-state index in [-0.39, 0.29) is 0 Å². The second-order valence-electron chi connectivity index (χ2n) is 9.68. The van der Waals surface area contributed by atoms with Gasteiger partial charge in [-0.15, -0.1) is 0 Å². The van der Waals surface area contributed by atoms with Gasteiger partial charge in [0.25, 0.3) is 0 Å². The fourth-order valence-corrected chi connectivity index (χ4v) is 5.59. The molecule has 0 N–H and O–H groups in total. The molecule has 0 bridgehead atoms. The molecule has 0 aliphatic rings. The van der Waals surface area contributed by atoms with Crippen LogP contribution in [-0.2, 0) is 7.05 Å². The largest absolute Gasteiger partial charge is 0.454 e. The van der Waals surface area contributed by atoms with Crippen LogP contribution in [0.1, 0.15) is 22.4 Å². The van der Waals surface area contributed by atoms with Gasteiger partial charge in [0.15, 0.2) is 5.69 Å². The van der Waals surface area contributed by atoms with Crippen LogP contribution in [0.3, 0.4) is 0 Å². The van der Waals surface area contributed by atoms with Gasteiger partial charge >= 0.3 is 0 Å². The van der Waals surface area contributed by atoms with Crippen LogP contribution >= 0.6 is 0 Å². The molecule has 0 amide bonds. The number of nitriles is 1. The van der Waals surface area contributed by atoms with Crippen molar-refractivity contribution in [2.45, 2.75) is 20.8 Å². The van der Waals surface area contributed by atoms with E-state index in [1.54, 1.807) is 0 Å². The minimum Gasteiger partial charge on any atom is -0.454 e. The van der Waals surface area contributed by atoms with E-state index < -0.39 is 0 Å². The van der Waals surface area contributed by atoms with Gasteiger partial charge in [0.2, 0.25) is 5.69 Å². The maximum atomic E-state index is 9.98. The summed E-state index contributed by atoms with van der Waals surface area (Å²) in [6.07, 6.45) is 0. The normalized spacial score (nSPS) is 11.2. The molecular weight excluding hydrogens is 452 g/mol. The predicted octanol–water partition coefficient (Wildman–Crippen LogP) is 8.21. The van der Waals surface area contributed by atoms with E-state index in [1.165, 1.54) is 22.4 Å². The zero-order chi connectivity index (χ0) is 25.7. The molecule has 2 heterocycles. The third-order valence-corrected chi connectivity index (χ3v) is 7.49. The molecule has 6 rings (SSSR count). The molecule has 0 aliphatic carbocycles. The Hall–Kier alpha value is -4.68. The number of furan rings is 1. The number of aryl methyl sites for hydroxylation is 2. The molecular formula is C34H27N2O+. The van der Waals surface area contributed by atoms with E-state index in [2.05, 4.69) is 93.1 Å². The maximum Gasteiger partial charge on any atom is 0.216 e. The van der Waals surface area contributed by atoms with E-state index in [4.69, 9.17) is 4.42 Å².